The van der Waals surface area contributed by atoms with Gasteiger partial charge in [0.05, 0.1) is 8.49 Å². The molecule has 1 aromatic rings. The molecule has 1 aliphatic rings. The molecule has 0 bridgehead atoms. The van der Waals surface area contributed by atoms with E-state index in [0.29, 0.717) is 9.61 Å². The predicted molar refractivity (Wildman–Crippen MR) is 71.9 cm³/mol. The molecule has 1 fully saturated rings. The SMILES string of the molecule is CN(c1ccc([N+](=O)[O-])c(I)c1)C1CCC1. The summed E-state index contributed by atoms with van der Waals surface area (Å²) in [6.07, 6.45) is 3.74. The lowest BCUT2D eigenvalue weighted by molar-refractivity contribution is -0.385. The van der Waals surface area contributed by atoms with Crippen molar-refractivity contribution in [3.05, 3.63) is 31.9 Å². The second-order valence-electron chi connectivity index (χ2n) is 4.09. The van der Waals surface area contributed by atoms with Crippen LogP contribution >= 0.6 is 22.6 Å². The van der Waals surface area contributed by atoms with E-state index in [1.807, 2.05) is 34.7 Å². The monoisotopic (exact) mass is 332 g/mol. The van der Waals surface area contributed by atoms with E-state index >= 15 is 0 Å². The van der Waals surface area contributed by atoms with E-state index in [1.54, 1.807) is 6.07 Å². The number of hydrogen-bond acceptors (Lipinski definition) is 3. The van der Waals surface area contributed by atoms with Crippen molar-refractivity contribution in [1.82, 2.24) is 0 Å². The van der Waals surface area contributed by atoms with E-state index < -0.39 is 0 Å². The Kier molecular flexibility index (Phi) is 3.32. The summed E-state index contributed by atoms with van der Waals surface area (Å²) in [7, 11) is 2.06. The van der Waals surface area contributed by atoms with Gasteiger partial charge < -0.3 is 4.90 Å². The van der Waals surface area contributed by atoms with Crippen molar-refractivity contribution in [1.29, 1.82) is 0 Å². The zero-order valence-corrected chi connectivity index (χ0v) is 11.2. The number of nitro benzene ring substituents is 1. The van der Waals surface area contributed by atoms with Crippen LogP contribution in [0.3, 0.4) is 0 Å². The van der Waals surface area contributed by atoms with E-state index in [2.05, 4.69) is 11.9 Å². The molecule has 1 aliphatic carbocycles. The van der Waals surface area contributed by atoms with Crippen molar-refractivity contribution < 1.29 is 4.92 Å². The quantitative estimate of drug-likeness (QED) is 0.485. The first-order valence-electron chi connectivity index (χ1n) is 5.26. The standard InChI is InChI=1S/C11H13IN2O2/c1-13(8-3-2-4-8)9-5-6-11(14(15)16)10(12)7-9/h5-8H,2-4H2,1H3. The molecule has 86 valence electrons. The molecular formula is C11H13IN2O2. The zero-order valence-electron chi connectivity index (χ0n) is 9.02. The molecule has 0 atom stereocenters. The lowest BCUT2D eigenvalue weighted by Crippen LogP contribution is -2.37. The van der Waals surface area contributed by atoms with Crippen LogP contribution in [0.25, 0.3) is 0 Å². The molecule has 4 nitrogen and oxygen atoms in total. The van der Waals surface area contributed by atoms with Gasteiger partial charge in [0.2, 0.25) is 0 Å². The van der Waals surface area contributed by atoms with Crippen LogP contribution in [0.5, 0.6) is 0 Å². The number of nitro groups is 1. The molecule has 0 spiro atoms. The largest absolute Gasteiger partial charge is 0.372 e. The van der Waals surface area contributed by atoms with Gasteiger partial charge in [-0.05, 0) is 54.0 Å². The van der Waals surface area contributed by atoms with Gasteiger partial charge in [0, 0.05) is 24.8 Å². The summed E-state index contributed by atoms with van der Waals surface area (Å²) in [5, 5.41) is 10.7. The second kappa shape index (κ2) is 4.57. The van der Waals surface area contributed by atoms with Crippen molar-refractivity contribution in [3.8, 4) is 0 Å². The topological polar surface area (TPSA) is 46.4 Å². The third kappa shape index (κ3) is 2.14. The minimum atomic E-state index is -0.338. The third-order valence-corrected chi connectivity index (χ3v) is 4.02. The normalized spacial score (nSPS) is 15.6. The molecule has 0 aliphatic heterocycles. The van der Waals surface area contributed by atoms with Crippen LogP contribution < -0.4 is 4.90 Å². The van der Waals surface area contributed by atoms with Crippen LogP contribution in [0.15, 0.2) is 18.2 Å². The molecule has 0 unspecified atom stereocenters. The number of anilines is 1. The number of rotatable bonds is 3. The van der Waals surface area contributed by atoms with E-state index in [4.69, 9.17) is 0 Å². The first-order chi connectivity index (χ1) is 7.59. The van der Waals surface area contributed by atoms with Gasteiger partial charge in [-0.15, -0.1) is 0 Å². The summed E-state index contributed by atoms with van der Waals surface area (Å²) in [4.78, 5) is 12.6. The van der Waals surface area contributed by atoms with Gasteiger partial charge >= 0.3 is 0 Å². The van der Waals surface area contributed by atoms with Gasteiger partial charge in [-0.3, -0.25) is 10.1 Å². The lowest BCUT2D eigenvalue weighted by Gasteiger charge is -2.36. The fraction of sp³-hybridized carbons (Fsp3) is 0.455. The molecule has 0 aromatic heterocycles. The third-order valence-electron chi connectivity index (χ3n) is 3.16. The zero-order chi connectivity index (χ0) is 11.7. The highest BCUT2D eigenvalue weighted by atomic mass is 127. The molecule has 0 saturated heterocycles. The van der Waals surface area contributed by atoms with E-state index in [-0.39, 0.29) is 10.6 Å². The minimum absolute atomic E-state index is 0.186. The van der Waals surface area contributed by atoms with Gasteiger partial charge in [-0.2, -0.15) is 0 Å². The highest BCUT2D eigenvalue weighted by Gasteiger charge is 2.23. The summed E-state index contributed by atoms with van der Waals surface area (Å²) in [5.41, 5.74) is 1.26. The number of benzene rings is 1. The summed E-state index contributed by atoms with van der Waals surface area (Å²) in [5.74, 6) is 0. The average Bonchev–Trinajstić information content (AvgIpc) is 2.14. The Balaban J connectivity index is 2.22. The first-order valence-corrected chi connectivity index (χ1v) is 6.34. The predicted octanol–water partition coefficient (Wildman–Crippen LogP) is 3.19. The van der Waals surface area contributed by atoms with Gasteiger partial charge in [-0.1, -0.05) is 0 Å². The Morgan fingerprint density at radius 1 is 1.50 bits per heavy atom. The highest BCUT2D eigenvalue weighted by molar-refractivity contribution is 14.1. The smallest absolute Gasteiger partial charge is 0.282 e. The van der Waals surface area contributed by atoms with Gasteiger partial charge in [0.25, 0.3) is 5.69 Å². The maximum atomic E-state index is 10.7. The van der Waals surface area contributed by atoms with Crippen LogP contribution in [-0.2, 0) is 0 Å². The maximum Gasteiger partial charge on any atom is 0.282 e. The second-order valence-corrected chi connectivity index (χ2v) is 5.25. The first kappa shape index (κ1) is 11.6. The van der Waals surface area contributed by atoms with Crippen molar-refractivity contribution in [3.63, 3.8) is 0 Å². The number of hydrogen-bond donors (Lipinski definition) is 0. The summed E-state index contributed by atoms with van der Waals surface area (Å²) in [6.45, 7) is 0. The Labute approximate surface area is 108 Å². The Morgan fingerprint density at radius 3 is 2.62 bits per heavy atom. The Hall–Kier alpha value is -0.850. The van der Waals surface area contributed by atoms with Crippen LogP contribution in [0.4, 0.5) is 11.4 Å². The number of nitrogens with zero attached hydrogens (tertiary/aromatic N) is 2. The molecule has 5 heteroatoms. The van der Waals surface area contributed by atoms with Crippen molar-refractivity contribution in [2.24, 2.45) is 0 Å². The summed E-state index contributed by atoms with van der Waals surface area (Å²) < 4.78 is 0.700. The van der Waals surface area contributed by atoms with E-state index in [9.17, 15) is 10.1 Å². The molecule has 1 aromatic carbocycles. The average molecular weight is 332 g/mol. The van der Waals surface area contributed by atoms with Gasteiger partial charge in [0.15, 0.2) is 0 Å². The van der Waals surface area contributed by atoms with E-state index in [1.165, 1.54) is 19.3 Å². The fourth-order valence-electron chi connectivity index (χ4n) is 1.85. The Bertz CT molecular complexity index is 418. The van der Waals surface area contributed by atoms with Crippen LogP contribution in [0.2, 0.25) is 0 Å². The van der Waals surface area contributed by atoms with Gasteiger partial charge in [-0.25, -0.2) is 0 Å². The lowest BCUT2D eigenvalue weighted by atomic mass is 9.91. The molecular weight excluding hydrogens is 319 g/mol. The maximum absolute atomic E-state index is 10.7. The van der Waals surface area contributed by atoms with Crippen LogP contribution in [-0.4, -0.2) is 18.0 Å². The highest BCUT2D eigenvalue weighted by Crippen LogP contribution is 2.31. The molecule has 0 heterocycles. The van der Waals surface area contributed by atoms with Crippen molar-refractivity contribution in [2.45, 2.75) is 25.3 Å². The molecule has 0 radical (unpaired) electrons. The summed E-state index contributed by atoms with van der Waals surface area (Å²) >= 11 is 2.02. The number of halogens is 1. The molecule has 1 saturated carbocycles. The van der Waals surface area contributed by atoms with Crippen LogP contribution in [0, 0.1) is 13.7 Å². The Morgan fingerprint density at radius 2 is 2.19 bits per heavy atom. The fourth-order valence-corrected chi connectivity index (χ4v) is 2.54. The molecule has 16 heavy (non-hydrogen) atoms. The molecule has 2 rings (SSSR count). The van der Waals surface area contributed by atoms with Crippen molar-refractivity contribution >= 4 is 34.0 Å². The molecule has 0 N–H and O–H groups in total. The summed E-state index contributed by atoms with van der Waals surface area (Å²) in [6, 6.07) is 5.92. The van der Waals surface area contributed by atoms with E-state index in [0.717, 1.165) is 5.69 Å². The van der Waals surface area contributed by atoms with Gasteiger partial charge in [0.1, 0.15) is 0 Å². The van der Waals surface area contributed by atoms with Crippen LogP contribution in [0.1, 0.15) is 19.3 Å². The van der Waals surface area contributed by atoms with Crippen molar-refractivity contribution in [2.75, 3.05) is 11.9 Å². The molecule has 0 amide bonds. The minimum Gasteiger partial charge on any atom is -0.372 e.